The van der Waals surface area contributed by atoms with Crippen LogP contribution in [-0.4, -0.2) is 17.4 Å². The molecule has 8 heteroatoms. The molecule has 0 spiro atoms. The smallest absolute Gasteiger partial charge is 0.295 e. The predicted molar refractivity (Wildman–Crippen MR) is 65.0 cm³/mol. The van der Waals surface area contributed by atoms with Crippen LogP contribution in [0.15, 0.2) is 12.1 Å². The van der Waals surface area contributed by atoms with E-state index in [1.807, 2.05) is 0 Å². The standard InChI is InChI=1S/C10H11ClFN3O3/c11-6-4-8(14-3-1-2-10(13)16)9(15(17)18)5-7(6)12/h4-5,14H,1-3H2,(H2,13,16). The Hall–Kier alpha value is -1.89. The molecule has 98 valence electrons. The Labute approximate surface area is 107 Å². The topological polar surface area (TPSA) is 98.3 Å². The van der Waals surface area contributed by atoms with Crippen molar-refractivity contribution in [1.29, 1.82) is 0 Å². The average molecular weight is 276 g/mol. The fourth-order valence-electron chi connectivity index (χ4n) is 1.31. The number of benzene rings is 1. The highest BCUT2D eigenvalue weighted by Crippen LogP contribution is 2.30. The Kier molecular flexibility index (Phi) is 4.85. The number of primary amides is 1. The summed E-state index contributed by atoms with van der Waals surface area (Å²) in [6.07, 6.45) is 0.581. The van der Waals surface area contributed by atoms with Crippen LogP contribution in [0.3, 0.4) is 0 Å². The molecule has 1 aromatic carbocycles. The average Bonchev–Trinajstić information content (AvgIpc) is 2.28. The van der Waals surface area contributed by atoms with Crippen LogP contribution in [0.25, 0.3) is 0 Å². The maximum absolute atomic E-state index is 13.1. The highest BCUT2D eigenvalue weighted by atomic mass is 35.5. The summed E-state index contributed by atoms with van der Waals surface area (Å²) >= 11 is 5.54. The summed E-state index contributed by atoms with van der Waals surface area (Å²) in [5.74, 6) is -1.31. The lowest BCUT2D eigenvalue weighted by Gasteiger charge is -2.07. The maximum atomic E-state index is 13.1. The van der Waals surface area contributed by atoms with Crippen LogP contribution in [0, 0.1) is 15.9 Å². The van der Waals surface area contributed by atoms with Crippen molar-refractivity contribution in [3.05, 3.63) is 33.1 Å². The molecular formula is C10H11ClFN3O3. The largest absolute Gasteiger partial charge is 0.379 e. The number of nitro benzene ring substituents is 1. The molecule has 0 heterocycles. The Morgan fingerprint density at radius 1 is 1.56 bits per heavy atom. The van der Waals surface area contributed by atoms with Crippen LogP contribution in [-0.2, 0) is 4.79 Å². The number of nitrogens with one attached hydrogen (secondary N) is 1. The number of hydrogen-bond donors (Lipinski definition) is 2. The van der Waals surface area contributed by atoms with Crippen LogP contribution in [0.2, 0.25) is 5.02 Å². The van der Waals surface area contributed by atoms with Crippen molar-refractivity contribution < 1.29 is 14.1 Å². The predicted octanol–water partition coefficient (Wildman–Crippen LogP) is 2.06. The molecule has 0 saturated carbocycles. The van der Waals surface area contributed by atoms with E-state index >= 15 is 0 Å². The third kappa shape index (κ3) is 3.85. The first-order valence-corrected chi connectivity index (χ1v) is 5.45. The van der Waals surface area contributed by atoms with E-state index in [4.69, 9.17) is 17.3 Å². The minimum atomic E-state index is -0.856. The van der Waals surface area contributed by atoms with Crippen LogP contribution < -0.4 is 11.1 Å². The van der Waals surface area contributed by atoms with E-state index in [1.54, 1.807) is 0 Å². The molecule has 1 rings (SSSR count). The molecule has 1 amide bonds. The Morgan fingerprint density at radius 3 is 2.78 bits per heavy atom. The van der Waals surface area contributed by atoms with Gasteiger partial charge in [0, 0.05) is 13.0 Å². The van der Waals surface area contributed by atoms with Gasteiger partial charge in [0.2, 0.25) is 5.91 Å². The lowest BCUT2D eigenvalue weighted by atomic mass is 10.2. The van der Waals surface area contributed by atoms with Crippen molar-refractivity contribution in [2.45, 2.75) is 12.8 Å². The number of carbonyl (C=O) groups excluding carboxylic acids is 1. The summed E-state index contributed by atoms with van der Waals surface area (Å²) < 4.78 is 13.1. The van der Waals surface area contributed by atoms with Crippen LogP contribution in [0.4, 0.5) is 15.8 Å². The molecule has 0 aliphatic heterocycles. The zero-order chi connectivity index (χ0) is 13.7. The van der Waals surface area contributed by atoms with Gasteiger partial charge in [-0.3, -0.25) is 14.9 Å². The van der Waals surface area contributed by atoms with Crippen molar-refractivity contribution in [2.75, 3.05) is 11.9 Å². The van der Waals surface area contributed by atoms with Gasteiger partial charge in [0.25, 0.3) is 5.69 Å². The Bertz CT molecular complexity index is 482. The van der Waals surface area contributed by atoms with E-state index in [9.17, 15) is 19.3 Å². The van der Waals surface area contributed by atoms with E-state index < -0.39 is 22.3 Å². The van der Waals surface area contributed by atoms with Gasteiger partial charge in [-0.05, 0) is 12.5 Å². The van der Waals surface area contributed by atoms with Gasteiger partial charge in [0.05, 0.1) is 16.0 Å². The number of hydrogen-bond acceptors (Lipinski definition) is 4. The minimum Gasteiger partial charge on any atom is -0.379 e. The number of anilines is 1. The van der Waals surface area contributed by atoms with Gasteiger partial charge in [-0.25, -0.2) is 4.39 Å². The highest BCUT2D eigenvalue weighted by Gasteiger charge is 2.17. The molecule has 0 radical (unpaired) electrons. The number of rotatable bonds is 6. The van der Waals surface area contributed by atoms with E-state index in [0.29, 0.717) is 13.0 Å². The molecule has 1 aromatic rings. The monoisotopic (exact) mass is 275 g/mol. The van der Waals surface area contributed by atoms with E-state index in [0.717, 1.165) is 12.1 Å². The number of halogens is 2. The minimum absolute atomic E-state index is 0.107. The summed E-state index contributed by atoms with van der Waals surface area (Å²) in [5.41, 5.74) is 4.65. The zero-order valence-electron chi connectivity index (χ0n) is 9.28. The SMILES string of the molecule is NC(=O)CCCNc1cc(Cl)c(F)cc1[N+](=O)[O-]. The van der Waals surface area contributed by atoms with Gasteiger partial charge in [0.1, 0.15) is 11.5 Å². The third-order valence-electron chi connectivity index (χ3n) is 2.15. The van der Waals surface area contributed by atoms with Gasteiger partial charge in [-0.1, -0.05) is 11.6 Å². The lowest BCUT2D eigenvalue weighted by molar-refractivity contribution is -0.384. The molecule has 0 saturated heterocycles. The first-order valence-electron chi connectivity index (χ1n) is 5.07. The van der Waals surface area contributed by atoms with Gasteiger partial charge in [0.15, 0.2) is 0 Å². The summed E-state index contributed by atoms with van der Waals surface area (Å²) in [4.78, 5) is 20.5. The molecule has 6 nitrogen and oxygen atoms in total. The van der Waals surface area contributed by atoms with Gasteiger partial charge in [-0.15, -0.1) is 0 Å². The number of amides is 1. The summed E-state index contributed by atoms with van der Waals surface area (Å²) in [7, 11) is 0. The summed E-state index contributed by atoms with van der Waals surface area (Å²) in [6, 6.07) is 1.89. The first kappa shape index (κ1) is 14.2. The van der Waals surface area contributed by atoms with Gasteiger partial charge < -0.3 is 11.1 Å². The molecule has 0 aliphatic rings. The van der Waals surface area contributed by atoms with Crippen LogP contribution in [0.1, 0.15) is 12.8 Å². The van der Waals surface area contributed by atoms with Crippen molar-refractivity contribution in [3.8, 4) is 0 Å². The molecule has 0 fully saturated rings. The quantitative estimate of drug-likeness (QED) is 0.471. The first-order chi connectivity index (χ1) is 8.41. The molecule has 0 aromatic heterocycles. The second-order valence-corrected chi connectivity index (χ2v) is 3.94. The van der Waals surface area contributed by atoms with Crippen molar-refractivity contribution >= 4 is 28.9 Å². The maximum Gasteiger partial charge on any atom is 0.295 e. The Morgan fingerprint density at radius 2 is 2.22 bits per heavy atom. The zero-order valence-corrected chi connectivity index (χ0v) is 10.0. The van der Waals surface area contributed by atoms with Crippen molar-refractivity contribution in [2.24, 2.45) is 5.73 Å². The molecule has 0 bridgehead atoms. The van der Waals surface area contributed by atoms with Crippen molar-refractivity contribution in [1.82, 2.24) is 0 Å². The van der Waals surface area contributed by atoms with Crippen LogP contribution >= 0.6 is 11.6 Å². The van der Waals surface area contributed by atoms with Crippen LogP contribution in [0.5, 0.6) is 0 Å². The van der Waals surface area contributed by atoms with E-state index in [2.05, 4.69) is 5.32 Å². The summed E-state index contributed by atoms with van der Waals surface area (Å²) in [5, 5.41) is 13.2. The fraction of sp³-hybridized carbons (Fsp3) is 0.300. The number of nitro groups is 1. The van der Waals surface area contributed by atoms with E-state index in [-0.39, 0.29) is 17.1 Å². The normalized spacial score (nSPS) is 10.1. The van der Waals surface area contributed by atoms with E-state index in [1.165, 1.54) is 0 Å². The fourth-order valence-corrected chi connectivity index (χ4v) is 1.48. The molecular weight excluding hydrogens is 265 g/mol. The summed E-state index contributed by atoms with van der Waals surface area (Å²) in [6.45, 7) is 0.297. The van der Waals surface area contributed by atoms with Crippen molar-refractivity contribution in [3.63, 3.8) is 0 Å². The second-order valence-electron chi connectivity index (χ2n) is 3.54. The third-order valence-corrected chi connectivity index (χ3v) is 2.44. The van der Waals surface area contributed by atoms with Gasteiger partial charge >= 0.3 is 0 Å². The molecule has 0 unspecified atom stereocenters. The molecule has 0 aliphatic carbocycles. The lowest BCUT2D eigenvalue weighted by Crippen LogP contribution is -2.13. The molecule has 0 atom stereocenters. The number of nitrogens with zero attached hydrogens (tertiary/aromatic N) is 1. The second kappa shape index (κ2) is 6.15. The van der Waals surface area contributed by atoms with Gasteiger partial charge in [-0.2, -0.15) is 0 Å². The number of nitrogens with two attached hydrogens (primary N) is 1. The molecule has 18 heavy (non-hydrogen) atoms. The molecule has 3 N–H and O–H groups in total. The Balaban J connectivity index is 2.77. The number of carbonyl (C=O) groups is 1. The highest BCUT2D eigenvalue weighted by molar-refractivity contribution is 6.31.